The van der Waals surface area contributed by atoms with E-state index in [1.54, 1.807) is 31.8 Å². The van der Waals surface area contributed by atoms with Crippen molar-refractivity contribution in [2.75, 3.05) is 27.3 Å². The Labute approximate surface area is 159 Å². The summed E-state index contributed by atoms with van der Waals surface area (Å²) >= 11 is 1.62. The molecule has 1 fully saturated rings. The topological polar surface area (TPSA) is 71.7 Å². The fraction of sp³-hybridized carbons (Fsp3) is 0.579. The average molecular weight is 377 g/mol. The van der Waals surface area contributed by atoms with E-state index in [2.05, 4.69) is 20.6 Å². The Morgan fingerprint density at radius 3 is 2.92 bits per heavy atom. The molecule has 142 valence electrons. The Bertz CT molecular complexity index is 690. The monoisotopic (exact) mass is 376 g/mol. The molecule has 0 aliphatic heterocycles. The van der Waals surface area contributed by atoms with Crippen LogP contribution in [0.3, 0.4) is 0 Å². The number of guanidine groups is 1. The lowest BCUT2D eigenvalue weighted by molar-refractivity contribution is 0.138. The molecular weight excluding hydrogens is 348 g/mol. The average Bonchev–Trinajstić information content (AvgIpc) is 3.41. The summed E-state index contributed by atoms with van der Waals surface area (Å²) in [7, 11) is 3.57. The number of rotatable bonds is 8. The molecule has 2 N–H and O–H groups in total. The van der Waals surface area contributed by atoms with Crippen LogP contribution in [0.5, 0.6) is 0 Å². The van der Waals surface area contributed by atoms with Crippen molar-refractivity contribution in [2.45, 2.75) is 38.6 Å². The van der Waals surface area contributed by atoms with Gasteiger partial charge < -0.3 is 19.8 Å². The second kappa shape index (κ2) is 9.19. The SMILES string of the molecule is CN=C(NCc1coc(-c2cccs2)n1)NCC1(CCOC)CCCC1. The zero-order valence-corrected chi connectivity index (χ0v) is 16.4. The lowest BCUT2D eigenvalue weighted by Crippen LogP contribution is -2.43. The van der Waals surface area contributed by atoms with Crippen LogP contribution in [0.4, 0.5) is 0 Å². The van der Waals surface area contributed by atoms with E-state index in [9.17, 15) is 0 Å². The summed E-state index contributed by atoms with van der Waals surface area (Å²) in [6.07, 6.45) is 7.93. The second-order valence-electron chi connectivity index (χ2n) is 6.85. The van der Waals surface area contributed by atoms with Crippen LogP contribution >= 0.6 is 11.3 Å². The van der Waals surface area contributed by atoms with Crippen molar-refractivity contribution >= 4 is 17.3 Å². The predicted octanol–water partition coefficient (Wildman–Crippen LogP) is 3.67. The van der Waals surface area contributed by atoms with Crippen LogP contribution in [-0.2, 0) is 11.3 Å². The molecule has 2 heterocycles. The Kier molecular flexibility index (Phi) is 6.68. The number of nitrogens with one attached hydrogen (secondary N) is 2. The van der Waals surface area contributed by atoms with Gasteiger partial charge in [0, 0.05) is 27.3 Å². The number of hydrogen-bond donors (Lipinski definition) is 2. The van der Waals surface area contributed by atoms with E-state index in [-0.39, 0.29) is 0 Å². The van der Waals surface area contributed by atoms with E-state index in [0.29, 0.717) is 17.9 Å². The normalized spacial score (nSPS) is 16.8. The molecule has 0 saturated heterocycles. The van der Waals surface area contributed by atoms with Gasteiger partial charge in [-0.1, -0.05) is 18.9 Å². The van der Waals surface area contributed by atoms with Crippen LogP contribution in [0.1, 0.15) is 37.8 Å². The Morgan fingerprint density at radius 1 is 1.38 bits per heavy atom. The first-order valence-electron chi connectivity index (χ1n) is 9.16. The van der Waals surface area contributed by atoms with Gasteiger partial charge in [0.25, 0.3) is 0 Å². The Hall–Kier alpha value is -1.86. The number of nitrogens with zero attached hydrogens (tertiary/aromatic N) is 2. The van der Waals surface area contributed by atoms with Crippen LogP contribution in [0.2, 0.25) is 0 Å². The summed E-state index contributed by atoms with van der Waals surface area (Å²) < 4.78 is 10.9. The first-order valence-corrected chi connectivity index (χ1v) is 10.0. The number of aromatic nitrogens is 1. The highest BCUT2D eigenvalue weighted by molar-refractivity contribution is 7.13. The summed E-state index contributed by atoms with van der Waals surface area (Å²) in [5.74, 6) is 1.47. The van der Waals surface area contributed by atoms with Crippen LogP contribution in [0.25, 0.3) is 10.8 Å². The van der Waals surface area contributed by atoms with Crippen LogP contribution in [0.15, 0.2) is 33.2 Å². The van der Waals surface area contributed by atoms with E-state index in [0.717, 1.165) is 36.1 Å². The second-order valence-corrected chi connectivity index (χ2v) is 7.80. The van der Waals surface area contributed by atoms with Crippen LogP contribution < -0.4 is 10.6 Å². The molecule has 0 unspecified atom stereocenters. The van der Waals surface area contributed by atoms with Gasteiger partial charge in [-0.3, -0.25) is 4.99 Å². The van der Waals surface area contributed by atoms with Crippen molar-refractivity contribution in [3.63, 3.8) is 0 Å². The zero-order valence-electron chi connectivity index (χ0n) is 15.6. The molecule has 0 amide bonds. The summed E-state index contributed by atoms with van der Waals surface area (Å²) in [4.78, 5) is 9.91. The molecule has 3 rings (SSSR count). The molecular formula is C19H28N4O2S. The Balaban J connectivity index is 1.50. The van der Waals surface area contributed by atoms with Gasteiger partial charge in [-0.15, -0.1) is 11.3 Å². The van der Waals surface area contributed by atoms with Crippen molar-refractivity contribution < 1.29 is 9.15 Å². The fourth-order valence-electron chi connectivity index (χ4n) is 3.53. The lowest BCUT2D eigenvalue weighted by atomic mass is 9.83. The van der Waals surface area contributed by atoms with Gasteiger partial charge in [0.2, 0.25) is 5.89 Å². The minimum Gasteiger partial charge on any atom is -0.443 e. The van der Waals surface area contributed by atoms with Crippen molar-refractivity contribution in [1.29, 1.82) is 0 Å². The molecule has 0 atom stereocenters. The highest BCUT2D eigenvalue weighted by atomic mass is 32.1. The molecule has 2 aromatic rings. The zero-order chi connectivity index (χ0) is 18.2. The number of oxazole rings is 1. The minimum atomic E-state index is 0.327. The maximum Gasteiger partial charge on any atom is 0.236 e. The van der Waals surface area contributed by atoms with Gasteiger partial charge in [0.05, 0.1) is 17.1 Å². The van der Waals surface area contributed by atoms with Gasteiger partial charge in [-0.05, 0) is 36.1 Å². The van der Waals surface area contributed by atoms with E-state index in [1.807, 2.05) is 17.5 Å². The molecule has 0 bridgehead atoms. The third-order valence-electron chi connectivity index (χ3n) is 5.08. The van der Waals surface area contributed by atoms with Crippen molar-refractivity contribution in [3.8, 4) is 10.8 Å². The first kappa shape index (κ1) is 18.9. The van der Waals surface area contributed by atoms with Gasteiger partial charge in [-0.25, -0.2) is 4.98 Å². The Morgan fingerprint density at radius 2 is 2.23 bits per heavy atom. The van der Waals surface area contributed by atoms with E-state index < -0.39 is 0 Å². The smallest absolute Gasteiger partial charge is 0.236 e. The number of hydrogen-bond acceptors (Lipinski definition) is 5. The van der Waals surface area contributed by atoms with Crippen LogP contribution in [0, 0.1) is 5.41 Å². The number of aliphatic imine (C=N–C) groups is 1. The molecule has 0 radical (unpaired) electrons. The number of thiophene rings is 1. The first-order chi connectivity index (χ1) is 12.7. The third kappa shape index (κ3) is 4.86. The maximum atomic E-state index is 5.56. The summed E-state index contributed by atoms with van der Waals surface area (Å²) in [5.41, 5.74) is 1.19. The third-order valence-corrected chi connectivity index (χ3v) is 5.93. The number of methoxy groups -OCH3 is 1. The molecule has 1 aliphatic rings. The highest BCUT2D eigenvalue weighted by Crippen LogP contribution is 2.40. The molecule has 1 aliphatic carbocycles. The molecule has 1 saturated carbocycles. The van der Waals surface area contributed by atoms with Gasteiger partial charge in [-0.2, -0.15) is 0 Å². The maximum absolute atomic E-state index is 5.56. The van der Waals surface area contributed by atoms with Gasteiger partial charge >= 0.3 is 0 Å². The fourth-order valence-corrected chi connectivity index (χ4v) is 4.18. The molecule has 0 spiro atoms. The molecule has 6 nitrogen and oxygen atoms in total. The van der Waals surface area contributed by atoms with Gasteiger partial charge in [0.15, 0.2) is 5.96 Å². The highest BCUT2D eigenvalue weighted by Gasteiger charge is 2.33. The van der Waals surface area contributed by atoms with Crippen molar-refractivity contribution in [2.24, 2.45) is 10.4 Å². The van der Waals surface area contributed by atoms with Crippen molar-refractivity contribution in [3.05, 3.63) is 29.5 Å². The summed E-state index contributed by atoms with van der Waals surface area (Å²) in [6.45, 7) is 2.33. The summed E-state index contributed by atoms with van der Waals surface area (Å²) in [5, 5.41) is 8.84. The lowest BCUT2D eigenvalue weighted by Gasteiger charge is -2.29. The van der Waals surface area contributed by atoms with Crippen LogP contribution in [-0.4, -0.2) is 38.3 Å². The quantitative estimate of drug-likeness (QED) is 0.543. The molecule has 7 heteroatoms. The standard InChI is InChI=1S/C19H28N4O2S/c1-20-18(22-14-19(9-10-24-2)7-3-4-8-19)21-12-15-13-25-17(23-15)16-6-5-11-26-16/h5-6,11,13H,3-4,7-10,12,14H2,1-2H3,(H2,20,21,22). The predicted molar refractivity (Wildman–Crippen MR) is 105 cm³/mol. The van der Waals surface area contributed by atoms with E-state index >= 15 is 0 Å². The van der Waals surface area contributed by atoms with E-state index in [4.69, 9.17) is 9.15 Å². The summed E-state index contributed by atoms with van der Waals surface area (Å²) in [6, 6.07) is 4.01. The van der Waals surface area contributed by atoms with Crippen molar-refractivity contribution in [1.82, 2.24) is 15.6 Å². The molecule has 0 aromatic carbocycles. The molecule has 2 aromatic heterocycles. The van der Waals surface area contributed by atoms with E-state index in [1.165, 1.54) is 25.7 Å². The molecule has 26 heavy (non-hydrogen) atoms. The number of ether oxygens (including phenoxy) is 1. The minimum absolute atomic E-state index is 0.327. The largest absolute Gasteiger partial charge is 0.443 e. The van der Waals surface area contributed by atoms with Gasteiger partial charge in [0.1, 0.15) is 6.26 Å².